The second-order valence-corrected chi connectivity index (χ2v) is 5.80. The molecule has 0 bridgehead atoms. The summed E-state index contributed by atoms with van der Waals surface area (Å²) in [5, 5.41) is 3.67. The van der Waals surface area contributed by atoms with Gasteiger partial charge in [-0.3, -0.25) is 4.79 Å². The molecule has 0 aliphatic rings. The summed E-state index contributed by atoms with van der Waals surface area (Å²) < 4.78 is 0.894. The van der Waals surface area contributed by atoms with Crippen molar-refractivity contribution in [2.75, 3.05) is 5.32 Å². The fourth-order valence-electron chi connectivity index (χ4n) is 1.59. The molecule has 19 heavy (non-hydrogen) atoms. The molecule has 0 radical (unpaired) electrons. The van der Waals surface area contributed by atoms with Crippen LogP contribution in [0.5, 0.6) is 0 Å². The van der Waals surface area contributed by atoms with Gasteiger partial charge in [0.25, 0.3) is 5.91 Å². The van der Waals surface area contributed by atoms with Crippen LogP contribution in [0.15, 0.2) is 40.9 Å². The summed E-state index contributed by atoms with van der Waals surface area (Å²) in [5.74, 6) is -0.284. The Kier molecular flexibility index (Phi) is 4.50. The van der Waals surface area contributed by atoms with Crippen LogP contribution in [0.1, 0.15) is 15.9 Å². The van der Waals surface area contributed by atoms with E-state index in [4.69, 9.17) is 23.2 Å². The van der Waals surface area contributed by atoms with Crippen LogP contribution < -0.4 is 5.32 Å². The Morgan fingerprint density at radius 2 is 1.89 bits per heavy atom. The highest BCUT2D eigenvalue weighted by molar-refractivity contribution is 9.10. The van der Waals surface area contributed by atoms with Crippen molar-refractivity contribution in [3.8, 4) is 0 Å². The Morgan fingerprint density at radius 1 is 1.16 bits per heavy atom. The van der Waals surface area contributed by atoms with E-state index in [1.54, 1.807) is 18.2 Å². The Morgan fingerprint density at radius 3 is 2.63 bits per heavy atom. The Bertz CT molecular complexity index is 643. The van der Waals surface area contributed by atoms with Crippen molar-refractivity contribution in [1.29, 1.82) is 0 Å². The monoisotopic (exact) mass is 357 g/mol. The molecule has 5 heteroatoms. The van der Waals surface area contributed by atoms with Crippen LogP contribution in [0, 0.1) is 6.92 Å². The first-order chi connectivity index (χ1) is 8.97. The molecule has 2 aromatic rings. The lowest BCUT2D eigenvalue weighted by molar-refractivity contribution is 0.102. The van der Waals surface area contributed by atoms with Gasteiger partial charge < -0.3 is 5.32 Å². The van der Waals surface area contributed by atoms with Crippen LogP contribution in [-0.4, -0.2) is 5.91 Å². The number of anilines is 1. The maximum absolute atomic E-state index is 12.2. The lowest BCUT2D eigenvalue weighted by atomic mass is 10.1. The van der Waals surface area contributed by atoms with Crippen molar-refractivity contribution >= 4 is 50.7 Å². The summed E-state index contributed by atoms with van der Waals surface area (Å²) in [6.07, 6.45) is 0. The Labute approximate surface area is 129 Å². The molecule has 0 atom stereocenters. The molecular formula is C14H10BrCl2NO. The topological polar surface area (TPSA) is 29.1 Å². The van der Waals surface area contributed by atoms with Gasteiger partial charge in [-0.25, -0.2) is 0 Å². The number of rotatable bonds is 2. The van der Waals surface area contributed by atoms with Crippen LogP contribution in [-0.2, 0) is 0 Å². The van der Waals surface area contributed by atoms with Gasteiger partial charge in [-0.15, -0.1) is 0 Å². The molecule has 2 nitrogen and oxygen atoms in total. The summed E-state index contributed by atoms with van der Waals surface area (Å²) in [6.45, 7) is 1.92. The largest absolute Gasteiger partial charge is 0.322 e. The van der Waals surface area contributed by atoms with E-state index in [1.165, 1.54) is 0 Å². The number of nitrogens with one attached hydrogen (secondary N) is 1. The predicted octanol–water partition coefficient (Wildman–Crippen LogP) is 5.32. The highest BCUT2D eigenvalue weighted by Gasteiger charge is 2.12. The van der Waals surface area contributed by atoms with Gasteiger partial charge in [-0.2, -0.15) is 0 Å². The van der Waals surface area contributed by atoms with Crippen LogP contribution in [0.3, 0.4) is 0 Å². The van der Waals surface area contributed by atoms with Gasteiger partial charge in [0, 0.05) is 15.2 Å². The van der Waals surface area contributed by atoms with Gasteiger partial charge >= 0.3 is 0 Å². The highest BCUT2D eigenvalue weighted by atomic mass is 79.9. The molecule has 0 saturated heterocycles. The number of carbonyl (C=O) groups is 1. The van der Waals surface area contributed by atoms with E-state index in [1.807, 2.05) is 25.1 Å². The molecule has 0 spiro atoms. The predicted molar refractivity (Wildman–Crippen MR) is 83.3 cm³/mol. The van der Waals surface area contributed by atoms with Crippen LogP contribution in [0.25, 0.3) is 0 Å². The number of hydrogen-bond acceptors (Lipinski definition) is 1. The zero-order valence-corrected chi connectivity index (χ0v) is 13.1. The normalized spacial score (nSPS) is 10.3. The smallest absolute Gasteiger partial charge is 0.257 e. The van der Waals surface area contributed by atoms with Gasteiger partial charge in [0.15, 0.2) is 0 Å². The third kappa shape index (κ3) is 3.50. The van der Waals surface area contributed by atoms with E-state index in [-0.39, 0.29) is 5.91 Å². The number of benzene rings is 2. The molecule has 0 fully saturated rings. The third-order valence-electron chi connectivity index (χ3n) is 2.62. The number of carbonyl (C=O) groups excluding carboxylic acids is 1. The van der Waals surface area contributed by atoms with E-state index < -0.39 is 0 Å². The zero-order valence-electron chi connectivity index (χ0n) is 10.0. The van der Waals surface area contributed by atoms with Gasteiger partial charge in [0.05, 0.1) is 10.6 Å². The number of halogens is 3. The van der Waals surface area contributed by atoms with E-state index in [0.29, 0.717) is 15.6 Å². The zero-order chi connectivity index (χ0) is 14.0. The van der Waals surface area contributed by atoms with Crippen molar-refractivity contribution in [2.24, 2.45) is 0 Å². The standard InChI is InChI=1S/C14H10BrCl2NO/c1-8-2-3-9(15)6-13(8)18-14(19)11-7-10(16)4-5-12(11)17/h2-7H,1H3,(H,18,19). The maximum Gasteiger partial charge on any atom is 0.257 e. The first-order valence-corrected chi connectivity index (χ1v) is 7.05. The maximum atomic E-state index is 12.2. The third-order valence-corrected chi connectivity index (χ3v) is 3.68. The van der Waals surface area contributed by atoms with Gasteiger partial charge in [0.2, 0.25) is 0 Å². The van der Waals surface area contributed by atoms with Crippen molar-refractivity contribution in [3.63, 3.8) is 0 Å². The van der Waals surface area contributed by atoms with Crippen LogP contribution in [0.4, 0.5) is 5.69 Å². The first kappa shape index (κ1) is 14.4. The Hall–Kier alpha value is -1.03. The molecule has 1 amide bonds. The minimum absolute atomic E-state index is 0.284. The summed E-state index contributed by atoms with van der Waals surface area (Å²) >= 11 is 15.2. The van der Waals surface area contributed by atoms with Crippen molar-refractivity contribution in [1.82, 2.24) is 0 Å². The SMILES string of the molecule is Cc1ccc(Br)cc1NC(=O)c1cc(Cl)ccc1Cl. The fraction of sp³-hybridized carbons (Fsp3) is 0.0714. The van der Waals surface area contributed by atoms with Crippen molar-refractivity contribution in [2.45, 2.75) is 6.92 Å². The average Bonchev–Trinajstić information content (AvgIpc) is 2.36. The lowest BCUT2D eigenvalue weighted by Crippen LogP contribution is -2.13. The summed E-state index contributed by atoms with van der Waals surface area (Å²) in [5.41, 5.74) is 2.05. The molecule has 0 unspecified atom stereocenters. The fourth-order valence-corrected chi connectivity index (χ4v) is 2.33. The minimum Gasteiger partial charge on any atom is -0.322 e. The average molecular weight is 359 g/mol. The summed E-state index contributed by atoms with van der Waals surface area (Å²) in [4.78, 5) is 12.2. The molecule has 0 aromatic heterocycles. The van der Waals surface area contributed by atoms with Crippen molar-refractivity contribution in [3.05, 3.63) is 62.0 Å². The molecule has 98 valence electrons. The van der Waals surface area contributed by atoms with E-state index in [9.17, 15) is 4.79 Å². The molecule has 0 aliphatic carbocycles. The minimum atomic E-state index is -0.284. The van der Waals surface area contributed by atoms with E-state index in [2.05, 4.69) is 21.2 Å². The molecule has 2 rings (SSSR count). The molecule has 0 saturated carbocycles. The quantitative estimate of drug-likeness (QED) is 0.773. The summed E-state index contributed by atoms with van der Waals surface area (Å²) in [7, 11) is 0. The lowest BCUT2D eigenvalue weighted by Gasteiger charge is -2.10. The number of amides is 1. The van der Waals surface area contributed by atoms with Gasteiger partial charge in [0.1, 0.15) is 0 Å². The van der Waals surface area contributed by atoms with Crippen LogP contribution >= 0.6 is 39.1 Å². The first-order valence-electron chi connectivity index (χ1n) is 5.50. The Balaban J connectivity index is 2.30. The molecule has 1 N–H and O–H groups in total. The number of aryl methyl sites for hydroxylation is 1. The second kappa shape index (κ2) is 5.95. The highest BCUT2D eigenvalue weighted by Crippen LogP contribution is 2.24. The molecular weight excluding hydrogens is 349 g/mol. The van der Waals surface area contributed by atoms with Gasteiger partial charge in [-0.05, 0) is 42.8 Å². The van der Waals surface area contributed by atoms with Crippen molar-refractivity contribution < 1.29 is 4.79 Å². The second-order valence-electron chi connectivity index (χ2n) is 4.04. The van der Waals surface area contributed by atoms with Gasteiger partial charge in [-0.1, -0.05) is 45.2 Å². The summed E-state index contributed by atoms with van der Waals surface area (Å²) in [6, 6.07) is 10.5. The van der Waals surface area contributed by atoms with E-state index >= 15 is 0 Å². The van der Waals surface area contributed by atoms with E-state index in [0.717, 1.165) is 15.7 Å². The number of hydrogen-bond donors (Lipinski definition) is 1. The molecule has 0 aliphatic heterocycles. The molecule has 2 aromatic carbocycles. The van der Waals surface area contributed by atoms with Crippen LogP contribution in [0.2, 0.25) is 10.0 Å². The molecule has 0 heterocycles.